The van der Waals surface area contributed by atoms with Gasteiger partial charge in [0.1, 0.15) is 0 Å². The third-order valence-electron chi connectivity index (χ3n) is 4.67. The number of hydrogen-bond acceptors (Lipinski definition) is 3. The van der Waals surface area contributed by atoms with Crippen LogP contribution in [-0.4, -0.2) is 19.6 Å². The second kappa shape index (κ2) is 10.3. The maximum absolute atomic E-state index is 12.4. The van der Waals surface area contributed by atoms with Crippen LogP contribution in [0.5, 0.6) is 11.5 Å². The van der Waals surface area contributed by atoms with E-state index < -0.39 is 0 Å². The van der Waals surface area contributed by atoms with Crippen molar-refractivity contribution in [3.8, 4) is 11.5 Å². The van der Waals surface area contributed by atoms with E-state index in [-0.39, 0.29) is 5.91 Å². The number of carbonyl (C=O) groups excluding carboxylic acids is 1. The highest BCUT2D eigenvalue weighted by atomic mass is 16.5. The lowest BCUT2D eigenvalue weighted by molar-refractivity contribution is -0.111. The Labute approximate surface area is 172 Å². The van der Waals surface area contributed by atoms with Crippen LogP contribution in [0.1, 0.15) is 31.7 Å². The maximum atomic E-state index is 12.4. The van der Waals surface area contributed by atoms with Crippen molar-refractivity contribution in [2.45, 2.75) is 26.2 Å². The average Bonchev–Trinajstić information content (AvgIpc) is 2.76. The molecule has 0 fully saturated rings. The number of rotatable bonds is 9. The second-order valence-corrected chi connectivity index (χ2v) is 6.82. The highest BCUT2D eigenvalue weighted by molar-refractivity contribution is 6.07. The monoisotopic (exact) mass is 389 g/mol. The van der Waals surface area contributed by atoms with E-state index in [1.165, 1.54) is 6.08 Å². The Balaban J connectivity index is 1.66. The van der Waals surface area contributed by atoms with Gasteiger partial charge in [-0.05, 0) is 41.6 Å². The number of benzene rings is 3. The van der Waals surface area contributed by atoms with E-state index >= 15 is 0 Å². The van der Waals surface area contributed by atoms with Gasteiger partial charge >= 0.3 is 0 Å². The highest BCUT2D eigenvalue weighted by Gasteiger charge is 2.06. The summed E-state index contributed by atoms with van der Waals surface area (Å²) in [4.78, 5) is 12.4. The molecular weight excluding hydrogens is 362 g/mol. The van der Waals surface area contributed by atoms with Crippen molar-refractivity contribution in [1.82, 2.24) is 0 Å². The predicted octanol–water partition coefficient (Wildman–Crippen LogP) is 6.07. The Kier molecular flexibility index (Phi) is 7.28. The summed E-state index contributed by atoms with van der Waals surface area (Å²) < 4.78 is 11.2. The molecule has 0 heterocycles. The van der Waals surface area contributed by atoms with Gasteiger partial charge in [0.15, 0.2) is 11.5 Å². The molecule has 1 amide bonds. The van der Waals surface area contributed by atoms with E-state index in [1.807, 2.05) is 60.7 Å². The molecule has 0 aliphatic heterocycles. The van der Waals surface area contributed by atoms with Crippen LogP contribution in [0.25, 0.3) is 16.8 Å². The van der Waals surface area contributed by atoms with Crippen molar-refractivity contribution < 1.29 is 14.3 Å². The minimum Gasteiger partial charge on any atom is -0.493 e. The zero-order valence-corrected chi connectivity index (χ0v) is 17.0. The number of fused-ring (bicyclic) bond motifs is 1. The molecule has 3 aromatic rings. The van der Waals surface area contributed by atoms with E-state index in [4.69, 9.17) is 9.47 Å². The van der Waals surface area contributed by atoms with Gasteiger partial charge in [-0.25, -0.2) is 0 Å². The van der Waals surface area contributed by atoms with Crippen LogP contribution in [-0.2, 0) is 4.79 Å². The summed E-state index contributed by atoms with van der Waals surface area (Å²) >= 11 is 0. The van der Waals surface area contributed by atoms with E-state index in [0.717, 1.165) is 47.0 Å². The fraction of sp³-hybridized carbons (Fsp3) is 0.240. The predicted molar refractivity (Wildman–Crippen MR) is 120 cm³/mol. The third kappa shape index (κ3) is 5.61. The highest BCUT2D eigenvalue weighted by Crippen LogP contribution is 2.29. The number of ether oxygens (including phenoxy) is 2. The molecule has 0 aliphatic rings. The summed E-state index contributed by atoms with van der Waals surface area (Å²) in [6.45, 7) is 2.84. The molecule has 0 aliphatic carbocycles. The Morgan fingerprint density at radius 1 is 1.00 bits per heavy atom. The zero-order chi connectivity index (χ0) is 20.5. The van der Waals surface area contributed by atoms with Gasteiger partial charge in [0, 0.05) is 17.1 Å². The van der Waals surface area contributed by atoms with E-state index in [2.05, 4.69) is 12.2 Å². The molecule has 0 saturated heterocycles. The summed E-state index contributed by atoms with van der Waals surface area (Å²) in [6.07, 6.45) is 6.62. The van der Waals surface area contributed by atoms with Crippen LogP contribution in [0.4, 0.5) is 5.69 Å². The average molecular weight is 389 g/mol. The largest absolute Gasteiger partial charge is 0.493 e. The minimum atomic E-state index is -0.180. The lowest BCUT2D eigenvalue weighted by atomic mass is 10.1. The van der Waals surface area contributed by atoms with Crippen LogP contribution in [0.2, 0.25) is 0 Å². The molecule has 3 aromatic carbocycles. The third-order valence-corrected chi connectivity index (χ3v) is 4.67. The minimum absolute atomic E-state index is 0.180. The van der Waals surface area contributed by atoms with Crippen molar-refractivity contribution in [2.75, 3.05) is 19.0 Å². The molecule has 3 rings (SSSR count). The molecule has 0 unspecified atom stereocenters. The van der Waals surface area contributed by atoms with Crippen LogP contribution in [0.15, 0.2) is 66.7 Å². The number of hydrogen-bond donors (Lipinski definition) is 1. The summed E-state index contributed by atoms with van der Waals surface area (Å²) in [7, 11) is 1.62. The fourth-order valence-corrected chi connectivity index (χ4v) is 3.12. The number of carbonyl (C=O) groups is 1. The van der Waals surface area contributed by atoms with Crippen LogP contribution in [0, 0.1) is 0 Å². The number of amides is 1. The summed E-state index contributed by atoms with van der Waals surface area (Å²) in [6, 6.07) is 19.5. The summed E-state index contributed by atoms with van der Waals surface area (Å²) in [5.41, 5.74) is 1.67. The molecule has 4 heteroatoms. The van der Waals surface area contributed by atoms with Gasteiger partial charge in [0.2, 0.25) is 5.91 Å². The molecule has 4 nitrogen and oxygen atoms in total. The standard InChI is InChI=1S/C25H27NO3/c1-3-4-7-17-29-23-15-13-19(18-24(23)28-2)14-16-25(27)26-22-12-8-10-20-9-5-6-11-21(20)22/h5-6,8-16,18H,3-4,7,17H2,1-2H3,(H,26,27). The maximum Gasteiger partial charge on any atom is 0.248 e. The molecule has 29 heavy (non-hydrogen) atoms. The van der Waals surface area contributed by atoms with Gasteiger partial charge < -0.3 is 14.8 Å². The van der Waals surface area contributed by atoms with Crippen molar-refractivity contribution >= 4 is 28.4 Å². The lowest BCUT2D eigenvalue weighted by Crippen LogP contribution is -2.08. The molecule has 0 spiro atoms. The molecule has 0 bridgehead atoms. The topological polar surface area (TPSA) is 47.6 Å². The lowest BCUT2D eigenvalue weighted by Gasteiger charge is -2.11. The first-order valence-corrected chi connectivity index (χ1v) is 9.99. The zero-order valence-electron chi connectivity index (χ0n) is 17.0. The number of nitrogens with one attached hydrogen (secondary N) is 1. The quantitative estimate of drug-likeness (QED) is 0.357. The smallest absolute Gasteiger partial charge is 0.248 e. The molecule has 0 atom stereocenters. The van der Waals surface area contributed by atoms with Gasteiger partial charge in [0.25, 0.3) is 0 Å². The Morgan fingerprint density at radius 2 is 1.83 bits per heavy atom. The van der Waals surface area contributed by atoms with Crippen LogP contribution >= 0.6 is 0 Å². The van der Waals surface area contributed by atoms with E-state index in [9.17, 15) is 4.79 Å². The molecule has 0 radical (unpaired) electrons. The van der Waals surface area contributed by atoms with E-state index in [0.29, 0.717) is 12.4 Å². The Hall–Kier alpha value is -3.27. The Morgan fingerprint density at radius 3 is 2.66 bits per heavy atom. The first kappa shape index (κ1) is 20.5. The van der Waals surface area contributed by atoms with Crippen molar-refractivity contribution in [3.05, 3.63) is 72.3 Å². The number of anilines is 1. The number of methoxy groups -OCH3 is 1. The van der Waals surface area contributed by atoms with Gasteiger partial charge in [0.05, 0.1) is 13.7 Å². The van der Waals surface area contributed by atoms with Crippen LogP contribution < -0.4 is 14.8 Å². The second-order valence-electron chi connectivity index (χ2n) is 6.82. The Bertz CT molecular complexity index is 989. The number of unbranched alkanes of at least 4 members (excludes halogenated alkanes) is 2. The van der Waals surface area contributed by atoms with Gasteiger partial charge in [-0.2, -0.15) is 0 Å². The SMILES string of the molecule is CCCCCOc1ccc(C=CC(=O)Nc2cccc3ccccc23)cc1OC. The van der Waals surface area contributed by atoms with Crippen molar-refractivity contribution in [3.63, 3.8) is 0 Å². The van der Waals surface area contributed by atoms with Gasteiger partial charge in [-0.1, -0.05) is 62.2 Å². The molecule has 0 aromatic heterocycles. The molecule has 0 saturated carbocycles. The first-order chi connectivity index (χ1) is 14.2. The normalized spacial score (nSPS) is 11.0. The van der Waals surface area contributed by atoms with Gasteiger partial charge in [-0.15, -0.1) is 0 Å². The molecule has 1 N–H and O–H groups in total. The summed E-state index contributed by atoms with van der Waals surface area (Å²) in [5.74, 6) is 1.21. The summed E-state index contributed by atoms with van der Waals surface area (Å²) in [5, 5.41) is 5.06. The van der Waals surface area contributed by atoms with Crippen molar-refractivity contribution in [1.29, 1.82) is 0 Å². The molecular formula is C25H27NO3. The molecule has 150 valence electrons. The van der Waals surface area contributed by atoms with Gasteiger partial charge in [-0.3, -0.25) is 4.79 Å². The van der Waals surface area contributed by atoms with Crippen molar-refractivity contribution in [2.24, 2.45) is 0 Å². The fourth-order valence-electron chi connectivity index (χ4n) is 3.12. The first-order valence-electron chi connectivity index (χ1n) is 9.99. The van der Waals surface area contributed by atoms with Crippen LogP contribution in [0.3, 0.4) is 0 Å². The van der Waals surface area contributed by atoms with E-state index in [1.54, 1.807) is 13.2 Å².